The fourth-order valence-corrected chi connectivity index (χ4v) is 4.30. The molecule has 0 spiro atoms. The molecule has 6 heteroatoms. The molecule has 2 aliphatic heterocycles. The maximum Gasteiger partial charge on any atom is 0.222 e. The zero-order valence-corrected chi connectivity index (χ0v) is 13.8. The van der Waals surface area contributed by atoms with Crippen molar-refractivity contribution in [3.63, 3.8) is 0 Å². The highest BCUT2D eigenvalue weighted by atomic mass is 32.2. The van der Waals surface area contributed by atoms with Gasteiger partial charge in [0.2, 0.25) is 5.91 Å². The monoisotopic (exact) mass is 320 g/mol. The zero-order valence-electron chi connectivity index (χ0n) is 13.0. The number of fused-ring (bicyclic) bond motifs is 1. The second-order valence-electron chi connectivity index (χ2n) is 6.74. The van der Waals surface area contributed by atoms with Gasteiger partial charge in [0.25, 0.3) is 0 Å². The van der Waals surface area contributed by atoms with E-state index < -0.39 is 0 Å². The van der Waals surface area contributed by atoms with Crippen molar-refractivity contribution in [3.8, 4) is 0 Å². The Bertz CT molecular complexity index is 533. The minimum absolute atomic E-state index is 0.355. The van der Waals surface area contributed by atoms with E-state index in [0.29, 0.717) is 18.4 Å². The highest BCUT2D eigenvalue weighted by molar-refractivity contribution is 7.99. The lowest BCUT2D eigenvalue weighted by Gasteiger charge is -2.20. The molecule has 1 saturated carbocycles. The first-order chi connectivity index (χ1) is 10.8. The number of aryl methyl sites for hydroxylation is 1. The number of rotatable bonds is 5. The fourth-order valence-electron chi connectivity index (χ4n) is 3.34. The quantitative estimate of drug-likeness (QED) is 0.900. The minimum atomic E-state index is 0.355. The minimum Gasteiger partial charge on any atom is -0.342 e. The SMILES string of the molecule is O=C1CCC(NCc2cn3c(n2)SCC3)CCN1CC1CC1. The topological polar surface area (TPSA) is 50.2 Å². The number of hydrogen-bond donors (Lipinski definition) is 1. The van der Waals surface area contributed by atoms with Gasteiger partial charge in [-0.2, -0.15) is 0 Å². The van der Waals surface area contributed by atoms with Crippen molar-refractivity contribution in [2.45, 2.75) is 56.4 Å². The second-order valence-corrected chi connectivity index (χ2v) is 7.81. The largest absolute Gasteiger partial charge is 0.342 e. The molecule has 0 bridgehead atoms. The Morgan fingerprint density at radius 1 is 1.27 bits per heavy atom. The Hall–Kier alpha value is -1.01. The number of imidazole rings is 1. The Labute approximate surface area is 135 Å². The van der Waals surface area contributed by atoms with E-state index in [2.05, 4.69) is 26.0 Å². The van der Waals surface area contributed by atoms with E-state index in [4.69, 9.17) is 0 Å². The number of carbonyl (C=O) groups excluding carboxylic acids is 1. The van der Waals surface area contributed by atoms with Crippen LogP contribution >= 0.6 is 11.8 Å². The summed E-state index contributed by atoms with van der Waals surface area (Å²) in [4.78, 5) is 18.9. The molecule has 5 nitrogen and oxygen atoms in total. The molecular weight excluding hydrogens is 296 g/mol. The Kier molecular flexibility index (Phi) is 4.13. The summed E-state index contributed by atoms with van der Waals surface area (Å²) in [6.45, 7) is 3.82. The zero-order chi connectivity index (χ0) is 14.9. The number of likely N-dealkylation sites (tertiary alicyclic amines) is 1. The predicted octanol–water partition coefficient (Wildman–Crippen LogP) is 1.87. The number of aromatic nitrogens is 2. The molecule has 1 saturated heterocycles. The molecule has 120 valence electrons. The van der Waals surface area contributed by atoms with Gasteiger partial charge in [0.05, 0.1) is 5.69 Å². The first kappa shape index (κ1) is 14.6. The van der Waals surface area contributed by atoms with Crippen LogP contribution in [0.4, 0.5) is 0 Å². The van der Waals surface area contributed by atoms with Crippen LogP contribution in [0.5, 0.6) is 0 Å². The number of carbonyl (C=O) groups is 1. The highest BCUT2D eigenvalue weighted by Gasteiger charge is 2.29. The molecule has 0 radical (unpaired) electrons. The van der Waals surface area contributed by atoms with Crippen molar-refractivity contribution in [1.29, 1.82) is 0 Å². The smallest absolute Gasteiger partial charge is 0.222 e. The molecule has 1 aliphatic carbocycles. The average molecular weight is 320 g/mol. The van der Waals surface area contributed by atoms with Crippen LogP contribution in [-0.2, 0) is 17.9 Å². The second kappa shape index (κ2) is 6.24. The van der Waals surface area contributed by atoms with Crippen LogP contribution in [-0.4, -0.2) is 45.2 Å². The summed E-state index contributed by atoms with van der Waals surface area (Å²) in [7, 11) is 0. The molecule has 1 N–H and O–H groups in total. The predicted molar refractivity (Wildman–Crippen MR) is 86.7 cm³/mol. The Morgan fingerprint density at radius 2 is 2.18 bits per heavy atom. The van der Waals surface area contributed by atoms with Gasteiger partial charge < -0.3 is 14.8 Å². The molecule has 22 heavy (non-hydrogen) atoms. The van der Waals surface area contributed by atoms with Gasteiger partial charge in [-0.25, -0.2) is 4.98 Å². The van der Waals surface area contributed by atoms with Crippen molar-refractivity contribution in [2.24, 2.45) is 5.92 Å². The summed E-state index contributed by atoms with van der Waals surface area (Å²) in [6, 6.07) is 0.442. The van der Waals surface area contributed by atoms with Gasteiger partial charge in [0, 0.05) is 50.6 Å². The Morgan fingerprint density at radius 3 is 3.00 bits per heavy atom. The molecule has 1 unspecified atom stereocenters. The number of nitrogens with one attached hydrogen (secondary N) is 1. The summed E-state index contributed by atoms with van der Waals surface area (Å²) >= 11 is 1.84. The maximum absolute atomic E-state index is 12.2. The lowest BCUT2D eigenvalue weighted by Crippen LogP contribution is -2.33. The van der Waals surface area contributed by atoms with Gasteiger partial charge in [0.1, 0.15) is 0 Å². The maximum atomic E-state index is 12.2. The van der Waals surface area contributed by atoms with Gasteiger partial charge in [-0.1, -0.05) is 11.8 Å². The summed E-state index contributed by atoms with van der Waals surface area (Å²) in [5.74, 6) is 2.30. The normalized spacial score (nSPS) is 25.4. The van der Waals surface area contributed by atoms with Crippen molar-refractivity contribution in [3.05, 3.63) is 11.9 Å². The lowest BCUT2D eigenvalue weighted by molar-refractivity contribution is -0.130. The molecule has 1 aromatic rings. The van der Waals surface area contributed by atoms with Crippen molar-refractivity contribution < 1.29 is 4.79 Å². The number of thioether (sulfide) groups is 1. The van der Waals surface area contributed by atoms with E-state index in [1.807, 2.05) is 11.8 Å². The first-order valence-corrected chi connectivity index (χ1v) is 9.46. The van der Waals surface area contributed by atoms with Crippen molar-refractivity contribution in [1.82, 2.24) is 19.8 Å². The van der Waals surface area contributed by atoms with Crippen LogP contribution in [0.25, 0.3) is 0 Å². The van der Waals surface area contributed by atoms with Gasteiger partial charge >= 0.3 is 0 Å². The number of nitrogens with zero attached hydrogens (tertiary/aromatic N) is 3. The third-order valence-corrected chi connectivity index (χ3v) is 5.88. The third-order valence-electron chi connectivity index (χ3n) is 4.91. The summed E-state index contributed by atoms with van der Waals surface area (Å²) in [5, 5.41) is 4.77. The van der Waals surface area contributed by atoms with E-state index in [0.717, 1.165) is 61.5 Å². The van der Waals surface area contributed by atoms with E-state index >= 15 is 0 Å². The molecular formula is C16H24N4OS. The molecule has 3 heterocycles. The van der Waals surface area contributed by atoms with Gasteiger partial charge in [0.15, 0.2) is 5.16 Å². The Balaban J connectivity index is 1.28. The van der Waals surface area contributed by atoms with Crippen LogP contribution in [0.1, 0.15) is 37.8 Å². The van der Waals surface area contributed by atoms with E-state index in [-0.39, 0.29) is 0 Å². The standard InChI is InChI=1S/C16H24N4OS/c21-15-4-3-13(5-6-19(15)10-12-1-2-12)17-9-14-11-20-7-8-22-16(20)18-14/h11-13,17H,1-10H2. The lowest BCUT2D eigenvalue weighted by atomic mass is 10.1. The molecule has 1 atom stereocenters. The van der Waals surface area contributed by atoms with E-state index in [1.165, 1.54) is 12.8 Å². The third kappa shape index (κ3) is 3.33. The number of amides is 1. The van der Waals surface area contributed by atoms with Crippen LogP contribution in [0, 0.1) is 5.92 Å². The summed E-state index contributed by atoms with van der Waals surface area (Å²) in [5.41, 5.74) is 1.13. The van der Waals surface area contributed by atoms with Gasteiger partial charge in [-0.15, -0.1) is 0 Å². The molecule has 3 aliphatic rings. The van der Waals surface area contributed by atoms with E-state index in [1.54, 1.807) is 0 Å². The fraction of sp³-hybridized carbons (Fsp3) is 0.750. The molecule has 1 aromatic heterocycles. The first-order valence-electron chi connectivity index (χ1n) is 8.48. The van der Waals surface area contributed by atoms with Crippen LogP contribution in [0.3, 0.4) is 0 Å². The van der Waals surface area contributed by atoms with E-state index in [9.17, 15) is 4.79 Å². The molecule has 4 rings (SSSR count). The molecule has 2 fully saturated rings. The summed E-state index contributed by atoms with van der Waals surface area (Å²) < 4.78 is 2.25. The van der Waals surface area contributed by atoms with Crippen molar-refractivity contribution >= 4 is 17.7 Å². The van der Waals surface area contributed by atoms with Gasteiger partial charge in [-0.05, 0) is 31.6 Å². The van der Waals surface area contributed by atoms with Crippen LogP contribution in [0.15, 0.2) is 11.4 Å². The number of hydrogen-bond acceptors (Lipinski definition) is 4. The van der Waals surface area contributed by atoms with Crippen molar-refractivity contribution in [2.75, 3.05) is 18.8 Å². The summed E-state index contributed by atoms with van der Waals surface area (Å²) in [6.07, 6.45) is 7.52. The highest BCUT2D eigenvalue weighted by Crippen LogP contribution is 2.30. The van der Waals surface area contributed by atoms with Crippen LogP contribution in [0.2, 0.25) is 0 Å². The van der Waals surface area contributed by atoms with Crippen LogP contribution < -0.4 is 5.32 Å². The molecule has 1 amide bonds. The average Bonchev–Trinajstić information content (AvgIpc) is 3.13. The molecule has 0 aromatic carbocycles. The van der Waals surface area contributed by atoms with Gasteiger partial charge in [-0.3, -0.25) is 4.79 Å².